The van der Waals surface area contributed by atoms with E-state index in [-0.39, 0.29) is 28.8 Å². The van der Waals surface area contributed by atoms with Crippen LogP contribution in [0.15, 0.2) is 71.6 Å². The molecule has 11 heteroatoms. The fourth-order valence-corrected chi connectivity index (χ4v) is 6.00. The number of aryl methyl sites for hydroxylation is 1. The molecule has 238 valence electrons. The van der Waals surface area contributed by atoms with Gasteiger partial charge in [0.2, 0.25) is 11.8 Å². The summed E-state index contributed by atoms with van der Waals surface area (Å²) in [5, 5.41) is 2.93. The van der Waals surface area contributed by atoms with Crippen LogP contribution in [0.4, 0.5) is 5.69 Å². The summed E-state index contributed by atoms with van der Waals surface area (Å²) in [4.78, 5) is 28.8. The summed E-state index contributed by atoms with van der Waals surface area (Å²) in [5.74, 6) is 0.229. The molecule has 0 aliphatic rings. The van der Waals surface area contributed by atoms with E-state index in [9.17, 15) is 18.0 Å². The Balaban J connectivity index is 2.09. The summed E-state index contributed by atoms with van der Waals surface area (Å²) in [6.07, 6.45) is 0. The van der Waals surface area contributed by atoms with Crippen molar-refractivity contribution < 1.29 is 32.2 Å². The van der Waals surface area contributed by atoms with E-state index in [0.29, 0.717) is 18.1 Å². The topological polar surface area (TPSA) is 114 Å². The molecule has 0 saturated carbocycles. The Bertz CT molecular complexity index is 1550. The van der Waals surface area contributed by atoms with Crippen LogP contribution in [0.1, 0.15) is 45.7 Å². The van der Waals surface area contributed by atoms with Gasteiger partial charge < -0.3 is 24.4 Å². The molecule has 2 amide bonds. The number of nitrogens with one attached hydrogen (secondary N) is 1. The summed E-state index contributed by atoms with van der Waals surface area (Å²) in [6.45, 7) is 11.0. The van der Waals surface area contributed by atoms with Crippen molar-refractivity contribution in [1.82, 2.24) is 10.2 Å². The minimum absolute atomic E-state index is 0.0967. The summed E-state index contributed by atoms with van der Waals surface area (Å²) in [5.41, 5.74) is 1.52. The number of rotatable bonds is 13. The van der Waals surface area contributed by atoms with Gasteiger partial charge in [-0.15, -0.1) is 0 Å². The lowest BCUT2D eigenvalue weighted by molar-refractivity contribution is -0.140. The van der Waals surface area contributed by atoms with Crippen LogP contribution in [0, 0.1) is 6.92 Å². The monoisotopic (exact) mass is 625 g/mol. The second kappa shape index (κ2) is 14.5. The zero-order chi connectivity index (χ0) is 32.7. The number of nitrogens with zero attached hydrogens (tertiary/aromatic N) is 2. The summed E-state index contributed by atoms with van der Waals surface area (Å²) < 4.78 is 45.6. The third-order valence-corrected chi connectivity index (χ3v) is 8.53. The highest BCUT2D eigenvalue weighted by atomic mass is 32.2. The van der Waals surface area contributed by atoms with Gasteiger partial charge in [0, 0.05) is 18.2 Å². The second-order valence-corrected chi connectivity index (χ2v) is 13.2. The molecular weight excluding hydrogens is 582 g/mol. The number of hydrogen-bond donors (Lipinski definition) is 1. The van der Waals surface area contributed by atoms with Gasteiger partial charge in [-0.3, -0.25) is 13.9 Å². The van der Waals surface area contributed by atoms with Gasteiger partial charge in [0.25, 0.3) is 10.0 Å². The molecule has 3 aromatic rings. The molecule has 3 rings (SSSR count). The lowest BCUT2D eigenvalue weighted by Crippen LogP contribution is -2.54. The van der Waals surface area contributed by atoms with Gasteiger partial charge in [-0.1, -0.05) is 29.8 Å². The van der Waals surface area contributed by atoms with Gasteiger partial charge in [0.15, 0.2) is 11.5 Å². The maximum absolute atomic E-state index is 14.2. The molecule has 1 atom stereocenters. The molecule has 0 aliphatic carbocycles. The normalized spacial score (nSPS) is 12.2. The molecule has 0 fully saturated rings. The van der Waals surface area contributed by atoms with E-state index >= 15 is 0 Å². The molecule has 0 bridgehead atoms. The summed E-state index contributed by atoms with van der Waals surface area (Å²) in [7, 11) is -1.44. The average Bonchev–Trinajstić information content (AvgIpc) is 2.97. The van der Waals surface area contributed by atoms with Crippen molar-refractivity contribution in [1.29, 1.82) is 0 Å². The van der Waals surface area contributed by atoms with Crippen molar-refractivity contribution in [2.75, 3.05) is 31.7 Å². The van der Waals surface area contributed by atoms with Crippen molar-refractivity contribution >= 4 is 27.5 Å². The van der Waals surface area contributed by atoms with Crippen LogP contribution in [0.5, 0.6) is 17.2 Å². The fraction of sp³-hybridized carbons (Fsp3) is 0.394. The molecule has 3 aromatic carbocycles. The van der Waals surface area contributed by atoms with E-state index in [0.717, 1.165) is 15.4 Å². The Labute approximate surface area is 261 Å². The highest BCUT2D eigenvalue weighted by Gasteiger charge is 2.34. The number of carbonyl (C=O) groups excluding carboxylic acids is 2. The van der Waals surface area contributed by atoms with E-state index in [1.165, 1.54) is 37.3 Å². The Morgan fingerprint density at radius 2 is 1.59 bits per heavy atom. The van der Waals surface area contributed by atoms with Crippen LogP contribution in [0.3, 0.4) is 0 Å². The predicted molar refractivity (Wildman–Crippen MR) is 171 cm³/mol. The SMILES string of the molecule is CCOc1ccc(N(CC(=O)N(Cc2cccc(C)c2)[C@H](C)C(=O)NC(C)(C)C)S(=O)(=O)c2ccc(OC)c(OC)c2)cc1. The Kier molecular flexibility index (Phi) is 11.3. The van der Waals surface area contributed by atoms with E-state index in [1.807, 2.05) is 58.9 Å². The lowest BCUT2D eigenvalue weighted by atomic mass is 10.1. The lowest BCUT2D eigenvalue weighted by Gasteiger charge is -2.33. The molecule has 44 heavy (non-hydrogen) atoms. The summed E-state index contributed by atoms with van der Waals surface area (Å²) in [6, 6.07) is 17.4. The maximum Gasteiger partial charge on any atom is 0.264 e. The quantitative estimate of drug-likeness (QED) is 0.286. The first kappa shape index (κ1) is 34.2. The van der Waals surface area contributed by atoms with E-state index in [2.05, 4.69) is 5.32 Å². The zero-order valence-electron chi connectivity index (χ0n) is 26.7. The zero-order valence-corrected chi connectivity index (χ0v) is 27.5. The Morgan fingerprint density at radius 3 is 2.16 bits per heavy atom. The van der Waals surface area contributed by atoms with E-state index in [1.54, 1.807) is 31.2 Å². The van der Waals surface area contributed by atoms with Gasteiger partial charge in [0.05, 0.1) is 31.4 Å². The van der Waals surface area contributed by atoms with Gasteiger partial charge in [-0.2, -0.15) is 0 Å². The standard InChI is InChI=1S/C33H43N3O7S/c1-9-43-27-15-13-26(14-16-27)36(44(39,40)28-17-18-29(41-7)30(20-28)42-8)22-31(37)35(21-25-12-10-11-23(2)19-25)24(3)32(38)34-33(4,5)6/h10-20,24H,9,21-22H2,1-8H3,(H,34,38)/t24-/m1/s1. The predicted octanol–water partition coefficient (Wildman–Crippen LogP) is 4.94. The largest absolute Gasteiger partial charge is 0.494 e. The Hall–Kier alpha value is -4.25. The van der Waals surface area contributed by atoms with Crippen LogP contribution >= 0.6 is 0 Å². The van der Waals surface area contributed by atoms with Crippen molar-refractivity contribution in [3.05, 3.63) is 77.9 Å². The first-order chi connectivity index (χ1) is 20.7. The maximum atomic E-state index is 14.2. The molecule has 0 radical (unpaired) electrons. The molecule has 0 aromatic heterocycles. The van der Waals surface area contributed by atoms with Crippen molar-refractivity contribution in [3.63, 3.8) is 0 Å². The van der Waals surface area contributed by atoms with Crippen LogP contribution in [-0.2, 0) is 26.2 Å². The smallest absolute Gasteiger partial charge is 0.264 e. The molecule has 0 unspecified atom stereocenters. The Morgan fingerprint density at radius 1 is 0.932 bits per heavy atom. The minimum atomic E-state index is -4.31. The molecule has 0 saturated heterocycles. The van der Waals surface area contributed by atoms with E-state index in [4.69, 9.17) is 14.2 Å². The van der Waals surface area contributed by atoms with Crippen molar-refractivity contribution in [2.45, 2.75) is 64.6 Å². The molecule has 0 heterocycles. The van der Waals surface area contributed by atoms with Crippen LogP contribution in [0.25, 0.3) is 0 Å². The highest BCUT2D eigenvalue weighted by Crippen LogP contribution is 2.33. The number of hydrogen-bond acceptors (Lipinski definition) is 7. The van der Waals surface area contributed by atoms with Gasteiger partial charge in [0.1, 0.15) is 18.3 Å². The average molecular weight is 626 g/mol. The number of sulfonamides is 1. The van der Waals surface area contributed by atoms with Crippen LogP contribution < -0.4 is 23.8 Å². The third kappa shape index (κ3) is 8.66. The number of anilines is 1. The fourth-order valence-electron chi connectivity index (χ4n) is 4.57. The number of amides is 2. The van der Waals surface area contributed by atoms with Crippen LogP contribution in [0.2, 0.25) is 0 Å². The molecule has 1 N–H and O–H groups in total. The van der Waals surface area contributed by atoms with E-state index < -0.39 is 34.1 Å². The first-order valence-electron chi connectivity index (χ1n) is 14.3. The van der Waals surface area contributed by atoms with Crippen molar-refractivity contribution in [3.8, 4) is 17.2 Å². The third-order valence-electron chi connectivity index (χ3n) is 6.76. The van der Waals surface area contributed by atoms with Crippen molar-refractivity contribution in [2.24, 2.45) is 0 Å². The van der Waals surface area contributed by atoms with Gasteiger partial charge >= 0.3 is 0 Å². The minimum Gasteiger partial charge on any atom is -0.494 e. The van der Waals surface area contributed by atoms with Gasteiger partial charge in [-0.05, 0) is 83.5 Å². The summed E-state index contributed by atoms with van der Waals surface area (Å²) >= 11 is 0. The number of benzene rings is 3. The highest BCUT2D eigenvalue weighted by molar-refractivity contribution is 7.92. The second-order valence-electron chi connectivity index (χ2n) is 11.4. The number of methoxy groups -OCH3 is 2. The number of ether oxygens (including phenoxy) is 3. The first-order valence-corrected chi connectivity index (χ1v) is 15.8. The molecule has 10 nitrogen and oxygen atoms in total. The van der Waals surface area contributed by atoms with Gasteiger partial charge in [-0.25, -0.2) is 8.42 Å². The molecule has 0 aliphatic heterocycles. The number of carbonyl (C=O) groups is 2. The van der Waals surface area contributed by atoms with Crippen LogP contribution in [-0.4, -0.2) is 64.1 Å². The molecule has 0 spiro atoms. The molecular formula is C33H43N3O7S.